The Morgan fingerprint density at radius 1 is 1.38 bits per heavy atom. The van der Waals surface area contributed by atoms with Crippen molar-refractivity contribution < 1.29 is 14.3 Å². The molecule has 0 spiro atoms. The van der Waals surface area contributed by atoms with Crippen LogP contribution in [0.1, 0.15) is 53.5 Å². The number of hydrogen-bond donors (Lipinski definition) is 1. The highest BCUT2D eigenvalue weighted by molar-refractivity contribution is 7.21. The molecule has 2 N–H and O–H groups in total. The Kier molecular flexibility index (Phi) is 5.46. The first-order valence-electron chi connectivity index (χ1n) is 9.05. The number of esters is 1. The Morgan fingerprint density at radius 3 is 2.88 bits per heavy atom. The van der Waals surface area contributed by atoms with E-state index < -0.39 is 5.97 Å². The number of anilines is 1. The lowest BCUT2D eigenvalue weighted by Crippen LogP contribution is -2.45. The minimum absolute atomic E-state index is 0.130. The summed E-state index contributed by atoms with van der Waals surface area (Å²) in [6.45, 7) is 6.43. The summed E-state index contributed by atoms with van der Waals surface area (Å²) >= 11 is 1.22. The van der Waals surface area contributed by atoms with Gasteiger partial charge in [-0.25, -0.2) is 9.78 Å². The van der Waals surface area contributed by atoms with Crippen LogP contribution in [0.4, 0.5) is 5.69 Å². The van der Waals surface area contributed by atoms with Gasteiger partial charge < -0.3 is 15.4 Å². The van der Waals surface area contributed by atoms with Crippen LogP contribution in [0, 0.1) is 13.8 Å². The molecule has 1 aliphatic heterocycles. The lowest BCUT2D eigenvalue weighted by atomic mass is 10.00. The van der Waals surface area contributed by atoms with Gasteiger partial charge in [0.1, 0.15) is 9.71 Å². The van der Waals surface area contributed by atoms with Gasteiger partial charge in [0.2, 0.25) is 0 Å². The molecule has 3 heterocycles. The minimum atomic E-state index is -0.555. The molecular weight excluding hydrogens is 350 g/mol. The fraction of sp³-hybridized carbons (Fsp3) is 0.526. The number of nitrogens with zero attached hydrogens (tertiary/aromatic N) is 2. The molecule has 2 aromatic heterocycles. The lowest BCUT2D eigenvalue weighted by Gasteiger charge is -2.35. The maximum Gasteiger partial charge on any atom is 0.351 e. The van der Waals surface area contributed by atoms with E-state index in [9.17, 15) is 9.59 Å². The molecule has 2 aromatic rings. The van der Waals surface area contributed by atoms with Crippen molar-refractivity contribution in [1.29, 1.82) is 0 Å². The van der Waals surface area contributed by atoms with Gasteiger partial charge in [-0.1, -0.05) is 6.92 Å². The number of nitrogen functional groups attached to an aromatic ring is 1. The molecule has 1 atom stereocenters. The average Bonchev–Trinajstić information content (AvgIpc) is 2.95. The summed E-state index contributed by atoms with van der Waals surface area (Å²) in [5.41, 5.74) is 8.40. The monoisotopic (exact) mass is 375 g/mol. The van der Waals surface area contributed by atoms with E-state index in [4.69, 9.17) is 10.5 Å². The summed E-state index contributed by atoms with van der Waals surface area (Å²) in [5, 5.41) is 0.793. The Bertz CT molecular complexity index is 846. The predicted molar refractivity (Wildman–Crippen MR) is 103 cm³/mol. The van der Waals surface area contributed by atoms with Gasteiger partial charge in [0.05, 0.1) is 5.69 Å². The van der Waals surface area contributed by atoms with Crippen molar-refractivity contribution in [3.05, 3.63) is 22.2 Å². The maximum absolute atomic E-state index is 12.5. The number of thiophene rings is 1. The van der Waals surface area contributed by atoms with Gasteiger partial charge in [0, 0.05) is 23.7 Å². The van der Waals surface area contributed by atoms with Crippen molar-refractivity contribution in [2.24, 2.45) is 0 Å². The normalized spacial score (nSPS) is 17.5. The van der Waals surface area contributed by atoms with Gasteiger partial charge in [0.15, 0.2) is 6.61 Å². The average molecular weight is 375 g/mol. The molecular formula is C19H25N3O3S. The fourth-order valence-electron chi connectivity index (χ4n) is 3.65. The van der Waals surface area contributed by atoms with Crippen LogP contribution >= 0.6 is 11.3 Å². The van der Waals surface area contributed by atoms with Gasteiger partial charge in [-0.05, 0) is 51.2 Å². The number of likely N-dealkylation sites (tertiary alicyclic amines) is 1. The molecule has 0 bridgehead atoms. The number of carbonyl (C=O) groups excluding carboxylic acids is 2. The third-order valence-corrected chi connectivity index (χ3v) is 6.03. The van der Waals surface area contributed by atoms with Crippen LogP contribution in [0.25, 0.3) is 10.2 Å². The molecule has 0 saturated carbocycles. The molecule has 26 heavy (non-hydrogen) atoms. The number of pyridine rings is 1. The number of rotatable bonds is 4. The molecule has 0 aromatic carbocycles. The zero-order valence-electron chi connectivity index (χ0n) is 15.5. The minimum Gasteiger partial charge on any atom is -0.451 e. The Balaban J connectivity index is 1.72. The smallest absolute Gasteiger partial charge is 0.351 e. The van der Waals surface area contributed by atoms with Crippen molar-refractivity contribution in [3.63, 3.8) is 0 Å². The number of piperidine rings is 1. The Labute approximate surface area is 157 Å². The Hall–Kier alpha value is -2.15. The van der Waals surface area contributed by atoms with Gasteiger partial charge in [0.25, 0.3) is 5.91 Å². The highest BCUT2D eigenvalue weighted by Crippen LogP contribution is 2.35. The molecule has 7 heteroatoms. The fourth-order valence-corrected chi connectivity index (χ4v) is 4.76. The van der Waals surface area contributed by atoms with Gasteiger partial charge in [-0.3, -0.25) is 4.79 Å². The molecule has 1 amide bonds. The van der Waals surface area contributed by atoms with Crippen LogP contribution in [0.2, 0.25) is 0 Å². The second-order valence-corrected chi connectivity index (χ2v) is 7.83. The molecule has 6 nitrogen and oxygen atoms in total. The van der Waals surface area contributed by atoms with E-state index in [1.54, 1.807) is 0 Å². The number of hydrogen-bond acceptors (Lipinski definition) is 6. The number of aryl methyl sites for hydroxylation is 2. The largest absolute Gasteiger partial charge is 0.451 e. The molecule has 140 valence electrons. The van der Waals surface area contributed by atoms with E-state index in [0.717, 1.165) is 53.7 Å². The number of ether oxygens (including phenoxy) is 1. The third kappa shape index (κ3) is 3.53. The second-order valence-electron chi connectivity index (χ2n) is 6.83. The first-order chi connectivity index (χ1) is 12.4. The zero-order chi connectivity index (χ0) is 18.8. The van der Waals surface area contributed by atoms with Crippen LogP contribution < -0.4 is 5.73 Å². The maximum atomic E-state index is 12.5. The molecule has 0 aliphatic carbocycles. The van der Waals surface area contributed by atoms with Gasteiger partial charge >= 0.3 is 5.97 Å². The van der Waals surface area contributed by atoms with Crippen molar-refractivity contribution in [2.75, 3.05) is 18.9 Å². The standard InChI is InChI=1S/C19H25N3O3S/c1-4-13-7-5-6-8-22(13)14(23)10-25-19(24)17-16(20)15-11(2)9-12(3)21-18(15)26-17/h9,13H,4-8,10,20H2,1-3H3. The third-order valence-electron chi connectivity index (χ3n) is 4.96. The van der Waals surface area contributed by atoms with E-state index in [1.165, 1.54) is 11.3 Å². The van der Waals surface area contributed by atoms with Crippen molar-refractivity contribution in [3.8, 4) is 0 Å². The molecule has 3 rings (SSSR count). The number of aromatic nitrogens is 1. The van der Waals surface area contributed by atoms with E-state index in [2.05, 4.69) is 11.9 Å². The predicted octanol–water partition coefficient (Wildman–Crippen LogP) is 3.44. The zero-order valence-corrected chi connectivity index (χ0v) is 16.3. The van der Waals surface area contributed by atoms with E-state index in [0.29, 0.717) is 10.6 Å². The molecule has 0 radical (unpaired) electrons. The van der Waals surface area contributed by atoms with Crippen molar-refractivity contribution in [1.82, 2.24) is 9.88 Å². The van der Waals surface area contributed by atoms with E-state index in [-0.39, 0.29) is 18.6 Å². The summed E-state index contributed by atoms with van der Waals surface area (Å²) in [4.78, 5) is 32.3. The SMILES string of the molecule is CCC1CCCCN1C(=O)COC(=O)c1sc2nc(C)cc(C)c2c1N. The first kappa shape index (κ1) is 18.6. The molecule has 1 fully saturated rings. The number of fused-ring (bicyclic) bond motifs is 1. The molecule has 1 aliphatic rings. The summed E-state index contributed by atoms with van der Waals surface area (Å²) in [6, 6.07) is 2.19. The highest BCUT2D eigenvalue weighted by atomic mass is 32.1. The summed E-state index contributed by atoms with van der Waals surface area (Å²) in [7, 11) is 0. The molecule has 1 saturated heterocycles. The number of amides is 1. The first-order valence-corrected chi connectivity index (χ1v) is 9.86. The topological polar surface area (TPSA) is 85.5 Å². The Morgan fingerprint density at radius 2 is 2.15 bits per heavy atom. The quantitative estimate of drug-likeness (QED) is 0.827. The number of nitrogens with two attached hydrogens (primary N) is 1. The van der Waals surface area contributed by atoms with Crippen molar-refractivity contribution >= 4 is 39.1 Å². The highest BCUT2D eigenvalue weighted by Gasteiger charge is 2.27. The van der Waals surface area contributed by atoms with Gasteiger partial charge in [-0.15, -0.1) is 11.3 Å². The summed E-state index contributed by atoms with van der Waals surface area (Å²) < 4.78 is 5.29. The van der Waals surface area contributed by atoms with E-state index in [1.807, 2.05) is 24.8 Å². The lowest BCUT2D eigenvalue weighted by molar-refractivity contribution is -0.138. The van der Waals surface area contributed by atoms with Crippen LogP contribution in [0.5, 0.6) is 0 Å². The number of carbonyl (C=O) groups is 2. The molecule has 1 unspecified atom stereocenters. The van der Waals surface area contributed by atoms with Crippen molar-refractivity contribution in [2.45, 2.75) is 52.5 Å². The van der Waals surface area contributed by atoms with Crippen LogP contribution in [-0.4, -0.2) is 41.0 Å². The van der Waals surface area contributed by atoms with Crippen LogP contribution in [0.3, 0.4) is 0 Å². The van der Waals surface area contributed by atoms with Gasteiger partial charge in [-0.2, -0.15) is 0 Å². The summed E-state index contributed by atoms with van der Waals surface area (Å²) in [6.07, 6.45) is 4.09. The van der Waals surface area contributed by atoms with Crippen LogP contribution in [-0.2, 0) is 9.53 Å². The second kappa shape index (κ2) is 7.61. The summed E-state index contributed by atoms with van der Waals surface area (Å²) in [5.74, 6) is -0.685. The van der Waals surface area contributed by atoms with E-state index >= 15 is 0 Å². The van der Waals surface area contributed by atoms with Crippen LogP contribution in [0.15, 0.2) is 6.07 Å².